The Bertz CT molecular complexity index is 526. The molecule has 0 amide bonds. The summed E-state index contributed by atoms with van der Waals surface area (Å²) in [6, 6.07) is 7.45. The molecule has 0 saturated carbocycles. The van der Waals surface area contributed by atoms with Gasteiger partial charge in [-0.15, -0.1) is 0 Å². The maximum absolute atomic E-state index is 12.1. The third kappa shape index (κ3) is 5.09. The van der Waals surface area contributed by atoms with E-state index in [0.29, 0.717) is 19.0 Å². The number of hydrogen-bond donors (Lipinski definition) is 2. The van der Waals surface area contributed by atoms with Crippen molar-refractivity contribution >= 4 is 21.8 Å². The first-order chi connectivity index (χ1) is 9.59. The van der Waals surface area contributed by atoms with Crippen LogP contribution in [-0.2, 0) is 22.3 Å². The summed E-state index contributed by atoms with van der Waals surface area (Å²) in [5, 5.41) is 0. The fraction of sp³-hybridized carbons (Fsp3) is 0.571. The van der Waals surface area contributed by atoms with E-state index in [1.54, 1.807) is 0 Å². The quantitative estimate of drug-likeness (QED) is 0.838. The Morgan fingerprint density at radius 3 is 2.65 bits per heavy atom. The van der Waals surface area contributed by atoms with Gasteiger partial charge in [0.2, 0.25) is 10.0 Å². The summed E-state index contributed by atoms with van der Waals surface area (Å²) in [5.41, 5.74) is 7.32. The molecule has 1 fully saturated rings. The monoisotopic (exact) mass is 314 g/mol. The van der Waals surface area contributed by atoms with Crippen LogP contribution in [0, 0.1) is 5.92 Å². The summed E-state index contributed by atoms with van der Waals surface area (Å²) in [4.78, 5) is 0. The Morgan fingerprint density at radius 1 is 1.25 bits per heavy atom. The molecular weight excluding hydrogens is 292 g/mol. The predicted octanol–water partition coefficient (Wildman–Crippen LogP) is 1.71. The lowest BCUT2D eigenvalue weighted by atomic mass is 10.0. The molecule has 20 heavy (non-hydrogen) atoms. The topological polar surface area (TPSA) is 72.2 Å². The Morgan fingerprint density at radius 2 is 1.95 bits per heavy atom. The molecule has 6 heteroatoms. The van der Waals surface area contributed by atoms with Gasteiger partial charge in [-0.1, -0.05) is 24.3 Å². The molecule has 3 N–H and O–H groups in total. The highest BCUT2D eigenvalue weighted by molar-refractivity contribution is 7.99. The lowest BCUT2D eigenvalue weighted by molar-refractivity contribution is 0.476. The van der Waals surface area contributed by atoms with Crippen molar-refractivity contribution in [2.24, 2.45) is 11.7 Å². The van der Waals surface area contributed by atoms with Crippen LogP contribution in [0.4, 0.5) is 0 Å². The van der Waals surface area contributed by atoms with E-state index >= 15 is 0 Å². The molecule has 1 aliphatic rings. The second-order valence-corrected chi connectivity index (χ2v) is 8.22. The summed E-state index contributed by atoms with van der Waals surface area (Å²) in [6.45, 7) is 1.00. The lowest BCUT2D eigenvalue weighted by Crippen LogP contribution is -2.31. The highest BCUT2D eigenvalue weighted by Crippen LogP contribution is 2.22. The minimum absolute atomic E-state index is 0.0301. The largest absolute Gasteiger partial charge is 0.326 e. The number of nitrogens with one attached hydrogen (secondary N) is 1. The molecule has 112 valence electrons. The van der Waals surface area contributed by atoms with Crippen LogP contribution in [0.3, 0.4) is 0 Å². The van der Waals surface area contributed by atoms with E-state index in [1.807, 2.05) is 36.0 Å². The molecular formula is C14H22N2O2S2. The molecule has 0 spiro atoms. The van der Waals surface area contributed by atoms with Gasteiger partial charge in [-0.05, 0) is 41.4 Å². The van der Waals surface area contributed by atoms with Crippen molar-refractivity contribution in [3.63, 3.8) is 0 Å². The number of nitrogens with two attached hydrogens (primary N) is 1. The van der Waals surface area contributed by atoms with Crippen LogP contribution in [-0.4, -0.2) is 26.5 Å². The smallest absolute Gasteiger partial charge is 0.215 e. The van der Waals surface area contributed by atoms with Gasteiger partial charge in [-0.25, -0.2) is 13.1 Å². The summed E-state index contributed by atoms with van der Waals surface area (Å²) in [5.74, 6) is 2.81. The van der Waals surface area contributed by atoms with Crippen LogP contribution in [0.25, 0.3) is 0 Å². The Labute approximate surface area is 125 Å². The molecule has 1 aromatic rings. The predicted molar refractivity (Wildman–Crippen MR) is 85.0 cm³/mol. The maximum Gasteiger partial charge on any atom is 0.215 e. The number of rotatable bonds is 6. The van der Waals surface area contributed by atoms with Gasteiger partial charge in [0.05, 0.1) is 5.75 Å². The molecule has 2 rings (SSSR count). The van der Waals surface area contributed by atoms with E-state index in [2.05, 4.69) is 4.72 Å². The van der Waals surface area contributed by atoms with Crippen molar-refractivity contribution in [1.82, 2.24) is 4.72 Å². The molecule has 0 aromatic heterocycles. The second-order valence-electron chi connectivity index (χ2n) is 5.19. The Balaban J connectivity index is 1.89. The fourth-order valence-corrected chi connectivity index (χ4v) is 4.73. The normalized spacial score (nSPS) is 17.2. The third-order valence-electron chi connectivity index (χ3n) is 3.52. The van der Waals surface area contributed by atoms with Crippen molar-refractivity contribution in [3.05, 3.63) is 35.4 Å². The Kier molecular flexibility index (Phi) is 5.89. The standard InChI is InChI=1S/C14H22N2O2S2/c15-9-13-2-1-3-14(8-13)11-20(17,18)16-10-12-4-6-19-7-5-12/h1-3,8,12,16H,4-7,9-11,15H2. The molecule has 1 aliphatic heterocycles. The molecule has 1 heterocycles. The minimum atomic E-state index is -3.26. The van der Waals surface area contributed by atoms with Gasteiger partial charge in [0.1, 0.15) is 0 Å². The molecule has 1 saturated heterocycles. The summed E-state index contributed by atoms with van der Waals surface area (Å²) in [6.07, 6.45) is 2.21. The Hall–Kier alpha value is -0.560. The van der Waals surface area contributed by atoms with Crippen molar-refractivity contribution < 1.29 is 8.42 Å². The van der Waals surface area contributed by atoms with E-state index < -0.39 is 10.0 Å². The molecule has 0 unspecified atom stereocenters. The van der Waals surface area contributed by atoms with Crippen LogP contribution in [0.1, 0.15) is 24.0 Å². The molecule has 1 aromatic carbocycles. The van der Waals surface area contributed by atoms with Crippen molar-refractivity contribution in [1.29, 1.82) is 0 Å². The van der Waals surface area contributed by atoms with Crippen LogP contribution < -0.4 is 10.5 Å². The third-order valence-corrected chi connectivity index (χ3v) is 5.89. The summed E-state index contributed by atoms with van der Waals surface area (Å²) in [7, 11) is -3.26. The molecule has 0 radical (unpaired) electrons. The van der Waals surface area contributed by atoms with Gasteiger partial charge in [0, 0.05) is 13.1 Å². The van der Waals surface area contributed by atoms with Crippen molar-refractivity contribution in [2.45, 2.75) is 25.1 Å². The van der Waals surface area contributed by atoms with E-state index in [1.165, 1.54) is 0 Å². The van der Waals surface area contributed by atoms with E-state index in [-0.39, 0.29) is 5.75 Å². The minimum Gasteiger partial charge on any atom is -0.326 e. The summed E-state index contributed by atoms with van der Waals surface area (Å²) < 4.78 is 26.9. The molecule has 4 nitrogen and oxygen atoms in total. The first-order valence-electron chi connectivity index (χ1n) is 6.92. The average molecular weight is 314 g/mol. The highest BCUT2D eigenvalue weighted by atomic mass is 32.2. The zero-order valence-corrected chi connectivity index (χ0v) is 13.2. The zero-order chi connectivity index (χ0) is 14.4. The number of hydrogen-bond acceptors (Lipinski definition) is 4. The van der Waals surface area contributed by atoms with E-state index in [0.717, 1.165) is 35.5 Å². The van der Waals surface area contributed by atoms with Crippen molar-refractivity contribution in [3.8, 4) is 0 Å². The maximum atomic E-state index is 12.1. The first kappa shape index (κ1) is 15.8. The fourth-order valence-electron chi connectivity index (χ4n) is 2.31. The number of benzene rings is 1. The second kappa shape index (κ2) is 7.45. The van der Waals surface area contributed by atoms with Crippen LogP contribution in [0.15, 0.2) is 24.3 Å². The van der Waals surface area contributed by atoms with Gasteiger partial charge in [0.15, 0.2) is 0 Å². The van der Waals surface area contributed by atoms with Gasteiger partial charge >= 0.3 is 0 Å². The number of thioether (sulfide) groups is 1. The van der Waals surface area contributed by atoms with Crippen LogP contribution in [0.2, 0.25) is 0 Å². The van der Waals surface area contributed by atoms with Gasteiger partial charge in [-0.3, -0.25) is 0 Å². The van der Waals surface area contributed by atoms with Gasteiger partial charge in [0.25, 0.3) is 0 Å². The van der Waals surface area contributed by atoms with Crippen LogP contribution in [0.5, 0.6) is 0 Å². The van der Waals surface area contributed by atoms with Crippen LogP contribution >= 0.6 is 11.8 Å². The van der Waals surface area contributed by atoms with Crippen molar-refractivity contribution in [2.75, 3.05) is 18.1 Å². The molecule has 0 atom stereocenters. The lowest BCUT2D eigenvalue weighted by Gasteiger charge is -2.21. The molecule has 0 bridgehead atoms. The van der Waals surface area contributed by atoms with E-state index in [9.17, 15) is 8.42 Å². The van der Waals surface area contributed by atoms with E-state index in [4.69, 9.17) is 5.73 Å². The summed E-state index contributed by atoms with van der Waals surface area (Å²) >= 11 is 1.95. The first-order valence-corrected chi connectivity index (χ1v) is 9.73. The SMILES string of the molecule is NCc1cccc(CS(=O)(=O)NCC2CCSCC2)c1. The highest BCUT2D eigenvalue weighted by Gasteiger charge is 2.17. The van der Waals surface area contributed by atoms with Gasteiger partial charge < -0.3 is 5.73 Å². The number of sulfonamides is 1. The average Bonchev–Trinajstić information content (AvgIpc) is 2.46. The molecule has 0 aliphatic carbocycles. The van der Waals surface area contributed by atoms with Gasteiger partial charge in [-0.2, -0.15) is 11.8 Å². The zero-order valence-electron chi connectivity index (χ0n) is 11.5.